The maximum absolute atomic E-state index is 13.6. The summed E-state index contributed by atoms with van der Waals surface area (Å²) in [5, 5.41) is 3.26. The van der Waals surface area contributed by atoms with Crippen LogP contribution in [0.4, 0.5) is 4.39 Å². The van der Waals surface area contributed by atoms with Crippen molar-refractivity contribution in [3.8, 4) is 5.75 Å². The fourth-order valence-electron chi connectivity index (χ4n) is 3.07. The van der Waals surface area contributed by atoms with Gasteiger partial charge in [-0.15, -0.1) is 0 Å². The van der Waals surface area contributed by atoms with E-state index in [4.69, 9.17) is 9.73 Å². The Morgan fingerprint density at radius 1 is 1.36 bits per heavy atom. The number of halogens is 1. The van der Waals surface area contributed by atoms with Crippen molar-refractivity contribution in [1.29, 1.82) is 0 Å². The van der Waals surface area contributed by atoms with E-state index in [1.165, 1.54) is 16.6 Å². The van der Waals surface area contributed by atoms with Gasteiger partial charge in [-0.2, -0.15) is 0 Å². The smallest absolute Gasteiger partial charge is 0.211 e. The van der Waals surface area contributed by atoms with E-state index in [0.29, 0.717) is 38.7 Å². The number of para-hydroxylation sites is 1. The number of nitrogens with zero attached hydrogens (tertiary/aromatic N) is 3. The molecule has 0 aromatic heterocycles. The van der Waals surface area contributed by atoms with Gasteiger partial charge in [0.2, 0.25) is 10.0 Å². The Hall–Kier alpha value is -1.87. The lowest BCUT2D eigenvalue weighted by Crippen LogP contribution is -2.42. The summed E-state index contributed by atoms with van der Waals surface area (Å²) in [6, 6.07) is 6.35. The number of guanidine groups is 1. The summed E-state index contributed by atoms with van der Waals surface area (Å²) in [6.45, 7) is 5.41. The summed E-state index contributed by atoms with van der Waals surface area (Å²) >= 11 is 0. The molecule has 9 heteroatoms. The number of rotatable bonds is 8. The van der Waals surface area contributed by atoms with Crippen molar-refractivity contribution in [2.75, 3.05) is 52.6 Å². The number of benzene rings is 1. The number of aliphatic imine (C=N–C) groups is 1. The maximum atomic E-state index is 13.6. The van der Waals surface area contributed by atoms with E-state index in [-0.39, 0.29) is 11.6 Å². The molecule has 1 aromatic carbocycles. The van der Waals surface area contributed by atoms with Gasteiger partial charge in [0, 0.05) is 33.2 Å². The van der Waals surface area contributed by atoms with Crippen LogP contribution in [-0.2, 0) is 10.0 Å². The number of likely N-dealkylation sites (N-methyl/N-ethyl adjacent to an activating group) is 1. The molecule has 1 aliphatic rings. The second kappa shape index (κ2) is 10.6. The predicted octanol–water partition coefficient (Wildman–Crippen LogP) is 1.77. The highest BCUT2D eigenvalue weighted by atomic mass is 32.2. The average molecular weight is 415 g/mol. The molecular weight excluding hydrogens is 383 g/mol. The van der Waals surface area contributed by atoms with E-state index in [9.17, 15) is 12.8 Å². The fourth-order valence-corrected chi connectivity index (χ4v) is 3.94. The lowest BCUT2D eigenvalue weighted by atomic mass is 9.98. The molecule has 0 atom stereocenters. The van der Waals surface area contributed by atoms with Crippen molar-refractivity contribution in [3.63, 3.8) is 0 Å². The minimum atomic E-state index is -3.10. The van der Waals surface area contributed by atoms with Crippen LogP contribution < -0.4 is 10.1 Å². The van der Waals surface area contributed by atoms with E-state index in [1.807, 2.05) is 18.9 Å². The van der Waals surface area contributed by atoms with Crippen molar-refractivity contribution >= 4 is 16.0 Å². The van der Waals surface area contributed by atoms with Gasteiger partial charge in [0.25, 0.3) is 0 Å². The summed E-state index contributed by atoms with van der Waals surface area (Å²) in [4.78, 5) is 6.66. The van der Waals surface area contributed by atoms with Crippen molar-refractivity contribution in [3.05, 3.63) is 30.1 Å². The second-order valence-corrected chi connectivity index (χ2v) is 8.98. The fraction of sp³-hybridized carbons (Fsp3) is 0.632. The van der Waals surface area contributed by atoms with Crippen molar-refractivity contribution in [1.82, 2.24) is 14.5 Å². The van der Waals surface area contributed by atoms with E-state index in [2.05, 4.69) is 5.32 Å². The Bertz CT molecular complexity index is 749. The molecule has 0 aliphatic carbocycles. The van der Waals surface area contributed by atoms with Crippen molar-refractivity contribution in [2.45, 2.75) is 19.8 Å². The Morgan fingerprint density at radius 2 is 2.04 bits per heavy atom. The first-order valence-electron chi connectivity index (χ1n) is 9.63. The van der Waals surface area contributed by atoms with Gasteiger partial charge in [0.05, 0.1) is 12.8 Å². The predicted molar refractivity (Wildman–Crippen MR) is 110 cm³/mol. The third-order valence-electron chi connectivity index (χ3n) is 4.76. The lowest BCUT2D eigenvalue weighted by molar-refractivity contribution is 0.267. The second-order valence-electron chi connectivity index (χ2n) is 7.00. The van der Waals surface area contributed by atoms with E-state index in [0.717, 1.165) is 25.3 Å². The normalized spacial score (nSPS) is 16.8. The van der Waals surface area contributed by atoms with Gasteiger partial charge in [-0.05, 0) is 37.8 Å². The number of hydrogen-bond donors (Lipinski definition) is 1. The monoisotopic (exact) mass is 414 g/mol. The first-order chi connectivity index (χ1) is 13.3. The highest BCUT2D eigenvalue weighted by molar-refractivity contribution is 7.88. The zero-order chi connectivity index (χ0) is 20.6. The van der Waals surface area contributed by atoms with E-state index >= 15 is 0 Å². The summed E-state index contributed by atoms with van der Waals surface area (Å²) < 4.78 is 43.9. The topological polar surface area (TPSA) is 74.2 Å². The third-order valence-corrected chi connectivity index (χ3v) is 6.06. The molecule has 1 saturated heterocycles. The maximum Gasteiger partial charge on any atom is 0.211 e. The SMILES string of the molecule is CCNC(=NCC1CCN(S(C)(=O)=O)CC1)N(C)CCOc1ccccc1F. The Labute approximate surface area is 167 Å². The Balaban J connectivity index is 1.83. The molecule has 0 unspecified atom stereocenters. The summed E-state index contributed by atoms with van der Waals surface area (Å²) in [5.74, 6) is 1.02. The Morgan fingerprint density at radius 3 is 2.64 bits per heavy atom. The van der Waals surface area contributed by atoms with Gasteiger partial charge >= 0.3 is 0 Å². The molecule has 7 nitrogen and oxygen atoms in total. The van der Waals surface area contributed by atoms with Crippen LogP contribution >= 0.6 is 0 Å². The molecule has 0 saturated carbocycles. The molecule has 0 bridgehead atoms. The van der Waals surface area contributed by atoms with Crippen LogP contribution in [0.15, 0.2) is 29.3 Å². The van der Waals surface area contributed by atoms with E-state index < -0.39 is 10.0 Å². The van der Waals surface area contributed by atoms with Crippen molar-refractivity contribution < 1.29 is 17.5 Å². The molecule has 1 aromatic rings. The molecule has 1 aliphatic heterocycles. The van der Waals surface area contributed by atoms with Gasteiger partial charge < -0.3 is 15.0 Å². The molecule has 28 heavy (non-hydrogen) atoms. The summed E-state index contributed by atoms with van der Waals surface area (Å²) in [5.41, 5.74) is 0. The quantitative estimate of drug-likeness (QED) is 0.518. The van der Waals surface area contributed by atoms with Gasteiger partial charge in [-0.3, -0.25) is 4.99 Å². The molecule has 1 N–H and O–H groups in total. The van der Waals surface area contributed by atoms with Crippen molar-refractivity contribution in [2.24, 2.45) is 10.9 Å². The molecule has 1 heterocycles. The third kappa shape index (κ3) is 6.94. The van der Waals surface area contributed by atoms with Crippen LogP contribution in [0.2, 0.25) is 0 Å². The van der Waals surface area contributed by atoms with Gasteiger partial charge in [-0.25, -0.2) is 17.1 Å². The summed E-state index contributed by atoms with van der Waals surface area (Å²) in [6.07, 6.45) is 2.89. The number of piperidine rings is 1. The Kier molecular flexibility index (Phi) is 8.50. The van der Waals surface area contributed by atoms with Gasteiger partial charge in [-0.1, -0.05) is 12.1 Å². The molecule has 0 radical (unpaired) electrons. The van der Waals surface area contributed by atoms with E-state index in [1.54, 1.807) is 18.2 Å². The highest BCUT2D eigenvalue weighted by Crippen LogP contribution is 2.19. The molecule has 2 rings (SSSR count). The lowest BCUT2D eigenvalue weighted by Gasteiger charge is -2.30. The summed E-state index contributed by atoms with van der Waals surface area (Å²) in [7, 11) is -1.19. The number of hydrogen-bond acceptors (Lipinski definition) is 4. The zero-order valence-electron chi connectivity index (χ0n) is 16.9. The number of sulfonamides is 1. The van der Waals surface area contributed by atoms with Crippen LogP contribution in [0.3, 0.4) is 0 Å². The average Bonchev–Trinajstić information content (AvgIpc) is 2.66. The van der Waals surface area contributed by atoms with Gasteiger partial charge in [0.1, 0.15) is 6.61 Å². The molecular formula is C19H31FN4O3S. The molecule has 158 valence electrons. The largest absolute Gasteiger partial charge is 0.489 e. The van der Waals surface area contributed by atoms with Crippen LogP contribution in [0, 0.1) is 11.7 Å². The number of nitrogens with one attached hydrogen (secondary N) is 1. The molecule has 1 fully saturated rings. The highest BCUT2D eigenvalue weighted by Gasteiger charge is 2.24. The van der Waals surface area contributed by atoms with Crippen LogP contribution in [0.25, 0.3) is 0 Å². The van der Waals surface area contributed by atoms with Crippen LogP contribution in [0.1, 0.15) is 19.8 Å². The van der Waals surface area contributed by atoms with Crippen LogP contribution in [-0.4, -0.2) is 76.2 Å². The molecule has 0 amide bonds. The van der Waals surface area contributed by atoms with Gasteiger partial charge in [0.15, 0.2) is 17.5 Å². The standard InChI is InChI=1S/C19H31FN4O3S/c1-4-21-19(22-15-16-9-11-24(12-10-16)28(3,25)26)23(2)13-14-27-18-8-6-5-7-17(18)20/h5-8,16H,4,9-15H2,1-3H3,(H,21,22). The first kappa shape index (κ1) is 22.4. The molecule has 0 spiro atoms. The minimum absolute atomic E-state index is 0.246. The van der Waals surface area contributed by atoms with Crippen LogP contribution in [0.5, 0.6) is 5.75 Å². The minimum Gasteiger partial charge on any atom is -0.489 e. The number of ether oxygens (including phenoxy) is 1. The zero-order valence-corrected chi connectivity index (χ0v) is 17.7. The first-order valence-corrected chi connectivity index (χ1v) is 11.5.